The number of aromatic amines is 1. The summed E-state index contributed by atoms with van der Waals surface area (Å²) in [5.74, 6) is -3.30. The number of benzene rings is 2. The molecular formula is C17H13F2NO4S. The van der Waals surface area contributed by atoms with E-state index in [-0.39, 0.29) is 28.1 Å². The molecule has 0 atom stereocenters. The largest absolute Gasteiger partial charge is 0.461 e. The SMILES string of the molecule is CCOC(=O)c1[nH]c2cc(F)c(F)cc2c1S(=O)(=O)c1ccccc1. The second kappa shape index (κ2) is 6.29. The summed E-state index contributed by atoms with van der Waals surface area (Å²) in [7, 11) is -4.17. The minimum Gasteiger partial charge on any atom is -0.461 e. The van der Waals surface area contributed by atoms with Crippen molar-refractivity contribution in [2.75, 3.05) is 6.61 Å². The van der Waals surface area contributed by atoms with Gasteiger partial charge in [-0.25, -0.2) is 22.0 Å². The summed E-state index contributed by atoms with van der Waals surface area (Å²) in [5, 5.41) is -0.120. The Balaban J connectivity index is 2.37. The van der Waals surface area contributed by atoms with E-state index >= 15 is 0 Å². The van der Waals surface area contributed by atoms with Crippen LogP contribution < -0.4 is 0 Å². The molecule has 1 N–H and O–H groups in total. The fraction of sp³-hybridized carbons (Fsp3) is 0.118. The van der Waals surface area contributed by atoms with Gasteiger partial charge in [0.05, 0.1) is 17.0 Å². The third kappa shape index (κ3) is 2.89. The summed E-state index contributed by atoms with van der Waals surface area (Å²) >= 11 is 0. The Morgan fingerprint density at radius 2 is 1.76 bits per heavy atom. The molecule has 2 aromatic carbocycles. The van der Waals surface area contributed by atoms with Gasteiger partial charge >= 0.3 is 5.97 Å². The first-order valence-corrected chi connectivity index (χ1v) is 8.82. The van der Waals surface area contributed by atoms with Gasteiger partial charge in [0.1, 0.15) is 10.6 Å². The Labute approximate surface area is 142 Å². The van der Waals surface area contributed by atoms with Crippen LogP contribution in [0.1, 0.15) is 17.4 Å². The molecule has 130 valence electrons. The van der Waals surface area contributed by atoms with Crippen molar-refractivity contribution in [2.24, 2.45) is 0 Å². The van der Waals surface area contributed by atoms with Crippen molar-refractivity contribution >= 4 is 26.7 Å². The highest BCUT2D eigenvalue weighted by Gasteiger charge is 2.31. The van der Waals surface area contributed by atoms with Crippen LogP contribution in [0.5, 0.6) is 0 Å². The number of ether oxygens (including phenoxy) is 1. The van der Waals surface area contributed by atoms with Gasteiger partial charge in [0.25, 0.3) is 0 Å². The summed E-state index contributed by atoms with van der Waals surface area (Å²) < 4.78 is 58.0. The molecule has 0 radical (unpaired) electrons. The standard InChI is InChI=1S/C17H13F2NO4S/c1-2-24-17(21)15-16(25(22,23)10-6-4-3-5-7-10)11-8-12(18)13(19)9-14(11)20-15/h3-9,20H,2H2,1H3. The number of hydrogen-bond acceptors (Lipinski definition) is 4. The van der Waals surface area contributed by atoms with Crippen molar-refractivity contribution in [3.8, 4) is 0 Å². The minimum atomic E-state index is -4.17. The summed E-state index contributed by atoms with van der Waals surface area (Å²) in [5.41, 5.74) is -0.387. The van der Waals surface area contributed by atoms with E-state index in [9.17, 15) is 22.0 Å². The number of H-pyrrole nitrogens is 1. The average Bonchev–Trinajstić information content (AvgIpc) is 2.95. The van der Waals surface area contributed by atoms with E-state index in [2.05, 4.69) is 4.98 Å². The molecule has 0 aliphatic carbocycles. The van der Waals surface area contributed by atoms with Crippen LogP contribution in [0.2, 0.25) is 0 Å². The van der Waals surface area contributed by atoms with E-state index in [1.54, 1.807) is 13.0 Å². The maximum Gasteiger partial charge on any atom is 0.356 e. The third-order valence-electron chi connectivity index (χ3n) is 3.59. The molecule has 0 spiro atoms. The molecule has 1 heterocycles. The average molecular weight is 365 g/mol. The molecule has 0 saturated carbocycles. The predicted molar refractivity (Wildman–Crippen MR) is 86.1 cm³/mol. The molecule has 0 saturated heterocycles. The zero-order chi connectivity index (χ0) is 18.2. The fourth-order valence-corrected chi connectivity index (χ4v) is 4.12. The Hall–Kier alpha value is -2.74. The van der Waals surface area contributed by atoms with E-state index in [1.165, 1.54) is 24.3 Å². The van der Waals surface area contributed by atoms with Gasteiger partial charge in [0, 0.05) is 11.5 Å². The highest BCUT2D eigenvalue weighted by molar-refractivity contribution is 7.91. The summed E-state index contributed by atoms with van der Waals surface area (Å²) in [4.78, 5) is 14.2. The fourth-order valence-electron chi connectivity index (χ4n) is 2.51. The topological polar surface area (TPSA) is 76.2 Å². The number of rotatable bonds is 4. The predicted octanol–water partition coefficient (Wildman–Crippen LogP) is 3.46. The normalized spacial score (nSPS) is 11.6. The number of halogens is 2. The molecule has 0 amide bonds. The molecule has 3 rings (SSSR count). The summed E-state index contributed by atoms with van der Waals surface area (Å²) in [6.45, 7) is 1.58. The number of fused-ring (bicyclic) bond motifs is 1. The lowest BCUT2D eigenvalue weighted by molar-refractivity contribution is 0.0516. The smallest absolute Gasteiger partial charge is 0.356 e. The van der Waals surface area contributed by atoms with Crippen molar-refractivity contribution in [1.82, 2.24) is 4.98 Å². The van der Waals surface area contributed by atoms with Gasteiger partial charge in [0.15, 0.2) is 11.6 Å². The Morgan fingerprint density at radius 3 is 2.40 bits per heavy atom. The van der Waals surface area contributed by atoms with Crippen LogP contribution in [0.3, 0.4) is 0 Å². The molecule has 0 aliphatic heterocycles. The molecule has 8 heteroatoms. The highest BCUT2D eigenvalue weighted by Crippen LogP contribution is 2.33. The number of nitrogens with one attached hydrogen (secondary N) is 1. The van der Waals surface area contributed by atoms with E-state index in [4.69, 9.17) is 4.74 Å². The zero-order valence-corrected chi connectivity index (χ0v) is 13.9. The van der Waals surface area contributed by atoms with Crippen LogP contribution in [0, 0.1) is 11.6 Å². The molecule has 1 aromatic heterocycles. The van der Waals surface area contributed by atoms with E-state index < -0.39 is 32.3 Å². The van der Waals surface area contributed by atoms with E-state index in [0.717, 1.165) is 12.1 Å². The number of sulfone groups is 1. The molecular weight excluding hydrogens is 352 g/mol. The lowest BCUT2D eigenvalue weighted by Gasteiger charge is -2.07. The van der Waals surface area contributed by atoms with Crippen LogP contribution in [-0.4, -0.2) is 26.0 Å². The number of aromatic nitrogens is 1. The van der Waals surface area contributed by atoms with Gasteiger partial charge in [0.2, 0.25) is 9.84 Å². The van der Waals surface area contributed by atoms with Gasteiger partial charge in [-0.15, -0.1) is 0 Å². The second-order valence-corrected chi connectivity index (χ2v) is 7.06. The Kier molecular flexibility index (Phi) is 4.30. The van der Waals surface area contributed by atoms with Gasteiger partial charge in [-0.2, -0.15) is 0 Å². The maximum absolute atomic E-state index is 13.7. The van der Waals surface area contributed by atoms with E-state index in [1.807, 2.05) is 0 Å². The monoisotopic (exact) mass is 365 g/mol. The van der Waals surface area contributed by atoms with E-state index in [0.29, 0.717) is 0 Å². The van der Waals surface area contributed by atoms with Crippen molar-refractivity contribution in [2.45, 2.75) is 16.7 Å². The van der Waals surface area contributed by atoms with Crippen molar-refractivity contribution in [1.29, 1.82) is 0 Å². The van der Waals surface area contributed by atoms with Crippen LogP contribution in [0.25, 0.3) is 10.9 Å². The first-order chi connectivity index (χ1) is 11.9. The molecule has 25 heavy (non-hydrogen) atoms. The minimum absolute atomic E-state index is 0.0156. The van der Waals surface area contributed by atoms with Crippen molar-refractivity contribution < 1.29 is 26.7 Å². The van der Waals surface area contributed by atoms with Crippen LogP contribution in [0.15, 0.2) is 52.3 Å². The molecule has 5 nitrogen and oxygen atoms in total. The first kappa shape index (κ1) is 17.1. The number of carbonyl (C=O) groups excluding carboxylic acids is 1. The molecule has 0 unspecified atom stereocenters. The van der Waals surface area contributed by atoms with Gasteiger partial charge in [-0.3, -0.25) is 0 Å². The number of esters is 1. The molecule has 0 aliphatic rings. The molecule has 0 bridgehead atoms. The third-order valence-corrected chi connectivity index (χ3v) is 5.45. The Bertz CT molecular complexity index is 1060. The first-order valence-electron chi connectivity index (χ1n) is 7.34. The van der Waals surface area contributed by atoms with Crippen LogP contribution in [-0.2, 0) is 14.6 Å². The van der Waals surface area contributed by atoms with Crippen molar-refractivity contribution in [3.05, 3.63) is 59.8 Å². The quantitative estimate of drug-likeness (QED) is 0.719. The summed E-state index contributed by atoms with van der Waals surface area (Å²) in [6, 6.07) is 8.93. The van der Waals surface area contributed by atoms with Gasteiger partial charge in [-0.05, 0) is 25.1 Å². The number of carbonyl (C=O) groups is 1. The molecule has 0 fully saturated rings. The molecule has 3 aromatic rings. The maximum atomic E-state index is 13.7. The lowest BCUT2D eigenvalue weighted by Crippen LogP contribution is -2.11. The van der Waals surface area contributed by atoms with Gasteiger partial charge in [-0.1, -0.05) is 18.2 Å². The van der Waals surface area contributed by atoms with Crippen LogP contribution >= 0.6 is 0 Å². The van der Waals surface area contributed by atoms with Crippen LogP contribution in [0.4, 0.5) is 8.78 Å². The van der Waals surface area contributed by atoms with Crippen molar-refractivity contribution in [3.63, 3.8) is 0 Å². The van der Waals surface area contributed by atoms with Gasteiger partial charge < -0.3 is 9.72 Å². The number of hydrogen-bond donors (Lipinski definition) is 1. The Morgan fingerprint density at radius 1 is 1.12 bits per heavy atom. The summed E-state index contributed by atoms with van der Waals surface area (Å²) in [6.07, 6.45) is 0. The second-order valence-electron chi connectivity index (χ2n) is 5.18. The highest BCUT2D eigenvalue weighted by atomic mass is 32.2. The lowest BCUT2D eigenvalue weighted by atomic mass is 10.2. The zero-order valence-electron chi connectivity index (χ0n) is 13.0.